The van der Waals surface area contributed by atoms with Crippen molar-refractivity contribution in [3.63, 3.8) is 0 Å². The predicted octanol–water partition coefficient (Wildman–Crippen LogP) is 1.62. The van der Waals surface area contributed by atoms with Crippen molar-refractivity contribution in [3.05, 3.63) is 42.4 Å². The van der Waals surface area contributed by atoms with E-state index in [2.05, 4.69) is 14.9 Å². The van der Waals surface area contributed by atoms with Gasteiger partial charge in [0.2, 0.25) is 11.7 Å². The average molecular weight is 382 g/mol. The number of methoxy groups -OCH3 is 1. The lowest BCUT2D eigenvalue weighted by Crippen LogP contribution is -2.48. The molecule has 4 rings (SSSR count). The molecule has 0 spiro atoms. The van der Waals surface area contributed by atoms with Crippen LogP contribution in [-0.2, 0) is 4.79 Å². The van der Waals surface area contributed by atoms with Crippen LogP contribution in [0.3, 0.4) is 0 Å². The number of piperazine rings is 1. The highest BCUT2D eigenvalue weighted by Crippen LogP contribution is 2.40. The molecule has 28 heavy (non-hydrogen) atoms. The van der Waals surface area contributed by atoms with Gasteiger partial charge in [0.15, 0.2) is 11.5 Å². The Hall–Kier alpha value is -3.29. The van der Waals surface area contributed by atoms with Gasteiger partial charge < -0.3 is 24.0 Å². The van der Waals surface area contributed by atoms with Gasteiger partial charge in [-0.25, -0.2) is 4.98 Å². The molecule has 0 atom stereocenters. The van der Waals surface area contributed by atoms with E-state index in [0.29, 0.717) is 43.6 Å². The van der Waals surface area contributed by atoms with Gasteiger partial charge in [-0.3, -0.25) is 9.78 Å². The molecule has 0 N–H and O–H groups in total. The van der Waals surface area contributed by atoms with E-state index < -0.39 is 0 Å². The van der Waals surface area contributed by atoms with E-state index in [1.54, 1.807) is 37.9 Å². The molecule has 2 aliphatic rings. The Labute approximate surface area is 163 Å². The Morgan fingerprint density at radius 3 is 2.71 bits per heavy atom. The van der Waals surface area contributed by atoms with Crippen LogP contribution < -0.4 is 19.1 Å². The van der Waals surface area contributed by atoms with Crippen LogP contribution in [0.1, 0.15) is 5.56 Å². The first kappa shape index (κ1) is 18.1. The lowest BCUT2D eigenvalue weighted by atomic mass is 10.1. The third-order valence-electron chi connectivity index (χ3n) is 4.73. The molecule has 1 aromatic carbocycles. The molecule has 0 radical (unpaired) electrons. The molecule has 2 aliphatic heterocycles. The van der Waals surface area contributed by atoms with E-state index in [1.807, 2.05) is 17.0 Å². The van der Waals surface area contributed by atoms with Crippen LogP contribution in [0.25, 0.3) is 6.08 Å². The fraction of sp³-hybridized carbons (Fsp3) is 0.350. The maximum atomic E-state index is 12.6. The van der Waals surface area contributed by atoms with Crippen LogP contribution in [0, 0.1) is 0 Å². The first-order valence-corrected chi connectivity index (χ1v) is 9.20. The number of carbonyl (C=O) groups is 1. The van der Waals surface area contributed by atoms with Crippen LogP contribution in [0.15, 0.2) is 36.8 Å². The van der Waals surface area contributed by atoms with Crippen LogP contribution in [0.4, 0.5) is 5.82 Å². The normalized spacial score (nSPS) is 16.3. The summed E-state index contributed by atoms with van der Waals surface area (Å²) in [5.41, 5.74) is 0.827. The van der Waals surface area contributed by atoms with Gasteiger partial charge in [0.25, 0.3) is 0 Å². The topological polar surface area (TPSA) is 77.0 Å². The van der Waals surface area contributed by atoms with Gasteiger partial charge in [-0.05, 0) is 23.8 Å². The first-order valence-electron chi connectivity index (χ1n) is 9.20. The minimum absolute atomic E-state index is 0.0207. The maximum Gasteiger partial charge on any atom is 0.246 e. The summed E-state index contributed by atoms with van der Waals surface area (Å²) in [6.07, 6.45) is 8.44. The number of benzene rings is 1. The lowest BCUT2D eigenvalue weighted by Gasteiger charge is -2.34. The second-order valence-corrected chi connectivity index (χ2v) is 6.46. The van der Waals surface area contributed by atoms with E-state index >= 15 is 0 Å². The highest BCUT2D eigenvalue weighted by molar-refractivity contribution is 5.92. The van der Waals surface area contributed by atoms with Crippen molar-refractivity contribution in [1.29, 1.82) is 0 Å². The lowest BCUT2D eigenvalue weighted by molar-refractivity contribution is -0.126. The molecule has 0 aliphatic carbocycles. The standard InChI is InChI=1S/C20H22N4O4/c1-26-16-12-15(13-17-20(16)28-11-10-27-17)2-3-19(25)24-8-6-23(7-9-24)18-14-21-4-5-22-18/h2-5,12-14H,6-11H2,1H3/b3-2-. The highest BCUT2D eigenvalue weighted by atomic mass is 16.6. The molecule has 1 fully saturated rings. The number of fused-ring (bicyclic) bond motifs is 1. The van der Waals surface area contributed by atoms with Gasteiger partial charge >= 0.3 is 0 Å². The summed E-state index contributed by atoms with van der Waals surface area (Å²) in [4.78, 5) is 24.9. The van der Waals surface area contributed by atoms with Crippen LogP contribution >= 0.6 is 0 Å². The number of nitrogens with zero attached hydrogens (tertiary/aromatic N) is 4. The van der Waals surface area contributed by atoms with Crippen molar-refractivity contribution in [2.24, 2.45) is 0 Å². The molecule has 146 valence electrons. The minimum Gasteiger partial charge on any atom is -0.493 e. The van der Waals surface area contributed by atoms with Gasteiger partial charge in [-0.2, -0.15) is 0 Å². The van der Waals surface area contributed by atoms with Crippen molar-refractivity contribution < 1.29 is 19.0 Å². The van der Waals surface area contributed by atoms with Gasteiger partial charge in [-0.15, -0.1) is 0 Å². The van der Waals surface area contributed by atoms with Crippen LogP contribution in [-0.4, -0.2) is 67.3 Å². The van der Waals surface area contributed by atoms with Crippen molar-refractivity contribution in [2.75, 3.05) is 51.4 Å². The Bertz CT molecular complexity index is 847. The minimum atomic E-state index is -0.0207. The van der Waals surface area contributed by atoms with Crippen molar-refractivity contribution in [3.8, 4) is 17.2 Å². The molecule has 1 aromatic heterocycles. The predicted molar refractivity (Wildman–Crippen MR) is 104 cm³/mol. The summed E-state index contributed by atoms with van der Waals surface area (Å²) in [7, 11) is 1.59. The zero-order valence-corrected chi connectivity index (χ0v) is 15.7. The van der Waals surface area contributed by atoms with E-state index in [-0.39, 0.29) is 5.91 Å². The van der Waals surface area contributed by atoms with Gasteiger partial charge in [0.05, 0.1) is 13.3 Å². The summed E-state index contributed by atoms with van der Waals surface area (Å²) in [5.74, 6) is 2.66. The van der Waals surface area contributed by atoms with Crippen molar-refractivity contribution in [1.82, 2.24) is 14.9 Å². The number of carbonyl (C=O) groups excluding carboxylic acids is 1. The Morgan fingerprint density at radius 1 is 1.14 bits per heavy atom. The fourth-order valence-electron chi connectivity index (χ4n) is 3.27. The number of anilines is 1. The second kappa shape index (κ2) is 8.16. The smallest absolute Gasteiger partial charge is 0.246 e. The van der Waals surface area contributed by atoms with E-state index in [0.717, 1.165) is 24.5 Å². The third-order valence-corrected chi connectivity index (χ3v) is 4.73. The van der Waals surface area contributed by atoms with Gasteiger partial charge in [0, 0.05) is 44.6 Å². The Balaban J connectivity index is 1.39. The molecule has 1 amide bonds. The number of hydrogen-bond donors (Lipinski definition) is 0. The second-order valence-electron chi connectivity index (χ2n) is 6.46. The fourth-order valence-corrected chi connectivity index (χ4v) is 3.27. The van der Waals surface area contributed by atoms with Crippen LogP contribution in [0.2, 0.25) is 0 Å². The molecule has 0 bridgehead atoms. The number of amides is 1. The summed E-state index contributed by atoms with van der Waals surface area (Å²) in [6.45, 7) is 3.75. The molecule has 2 aromatic rings. The first-order chi connectivity index (χ1) is 13.7. The monoisotopic (exact) mass is 382 g/mol. The highest BCUT2D eigenvalue weighted by Gasteiger charge is 2.21. The Kier molecular flexibility index (Phi) is 5.27. The SMILES string of the molecule is COc1cc(/C=C\C(=O)N2CCN(c3cnccn3)CC2)cc2c1OCCO2. The van der Waals surface area contributed by atoms with E-state index in [1.165, 1.54) is 0 Å². The van der Waals surface area contributed by atoms with E-state index in [9.17, 15) is 4.79 Å². The largest absolute Gasteiger partial charge is 0.493 e. The quantitative estimate of drug-likeness (QED) is 0.744. The molecule has 0 saturated carbocycles. The molecular formula is C20H22N4O4. The summed E-state index contributed by atoms with van der Waals surface area (Å²) in [6, 6.07) is 3.69. The molecular weight excluding hydrogens is 360 g/mol. The van der Waals surface area contributed by atoms with E-state index in [4.69, 9.17) is 14.2 Å². The maximum absolute atomic E-state index is 12.6. The zero-order chi connectivity index (χ0) is 19.3. The number of rotatable bonds is 4. The summed E-state index contributed by atoms with van der Waals surface area (Å²) in [5, 5.41) is 0. The molecule has 3 heterocycles. The van der Waals surface area contributed by atoms with Crippen molar-refractivity contribution >= 4 is 17.8 Å². The Morgan fingerprint density at radius 2 is 1.96 bits per heavy atom. The number of aromatic nitrogens is 2. The van der Waals surface area contributed by atoms with Gasteiger partial charge in [0.1, 0.15) is 19.0 Å². The zero-order valence-electron chi connectivity index (χ0n) is 15.7. The number of ether oxygens (including phenoxy) is 3. The van der Waals surface area contributed by atoms with Crippen LogP contribution in [0.5, 0.6) is 17.2 Å². The molecule has 8 nitrogen and oxygen atoms in total. The molecule has 0 unspecified atom stereocenters. The number of hydrogen-bond acceptors (Lipinski definition) is 7. The molecule has 8 heteroatoms. The summed E-state index contributed by atoms with van der Waals surface area (Å²) < 4.78 is 16.6. The average Bonchev–Trinajstić information content (AvgIpc) is 2.77. The van der Waals surface area contributed by atoms with Crippen molar-refractivity contribution in [2.45, 2.75) is 0 Å². The van der Waals surface area contributed by atoms with Gasteiger partial charge in [-0.1, -0.05) is 0 Å². The summed E-state index contributed by atoms with van der Waals surface area (Å²) >= 11 is 0. The third kappa shape index (κ3) is 3.85. The molecule has 1 saturated heterocycles.